The Kier molecular flexibility index (Phi) is 8.13. The normalized spacial score (nSPS) is 10.9. The van der Waals surface area contributed by atoms with Crippen molar-refractivity contribution < 1.29 is 14.3 Å². The van der Waals surface area contributed by atoms with E-state index in [1.807, 2.05) is 84.3 Å². The lowest BCUT2D eigenvalue weighted by molar-refractivity contribution is -0.118. The molecule has 8 nitrogen and oxygen atoms in total. The summed E-state index contributed by atoms with van der Waals surface area (Å²) < 4.78 is 12.8. The fraction of sp³-hybridized carbons (Fsp3) is 0.154. The molecule has 1 N–H and O–H groups in total. The number of hydrogen-bond acceptors (Lipinski definition) is 7. The standard InChI is InChI=1S/C26H25N5O3S/c1-3-34-22-15-14-19(16-23(22)33-2)17-27-28-24(32)18-35-26-30-29-25(20-10-6-4-7-11-20)31(26)21-12-8-5-9-13-21/h4-17H,3,18H2,1-2H3,(H,28,32)/b27-17+. The minimum Gasteiger partial charge on any atom is -0.493 e. The summed E-state index contributed by atoms with van der Waals surface area (Å²) >= 11 is 1.29. The number of hydrazone groups is 1. The van der Waals surface area contributed by atoms with E-state index >= 15 is 0 Å². The lowest BCUT2D eigenvalue weighted by Crippen LogP contribution is -2.20. The molecule has 0 aliphatic rings. The molecule has 0 fully saturated rings. The van der Waals surface area contributed by atoms with Gasteiger partial charge in [-0.1, -0.05) is 60.3 Å². The molecule has 4 aromatic rings. The molecule has 0 atom stereocenters. The van der Waals surface area contributed by atoms with Crippen LogP contribution < -0.4 is 14.9 Å². The minimum atomic E-state index is -0.256. The first kappa shape index (κ1) is 24.0. The van der Waals surface area contributed by atoms with Crippen LogP contribution in [0, 0.1) is 0 Å². The Bertz CT molecular complexity index is 1290. The zero-order chi connectivity index (χ0) is 24.5. The molecule has 0 aliphatic heterocycles. The first-order chi connectivity index (χ1) is 17.2. The van der Waals surface area contributed by atoms with Crippen molar-refractivity contribution in [1.82, 2.24) is 20.2 Å². The van der Waals surface area contributed by atoms with Crippen LogP contribution in [-0.4, -0.2) is 46.4 Å². The summed E-state index contributed by atoms with van der Waals surface area (Å²) in [6, 6.07) is 25.1. The van der Waals surface area contributed by atoms with Gasteiger partial charge in [0.2, 0.25) is 0 Å². The molecule has 35 heavy (non-hydrogen) atoms. The van der Waals surface area contributed by atoms with Gasteiger partial charge in [0.15, 0.2) is 22.5 Å². The Morgan fingerprint density at radius 2 is 1.77 bits per heavy atom. The summed E-state index contributed by atoms with van der Waals surface area (Å²) in [5, 5.41) is 13.4. The van der Waals surface area contributed by atoms with Crippen LogP contribution in [-0.2, 0) is 4.79 Å². The molecule has 0 spiro atoms. The van der Waals surface area contributed by atoms with Crippen molar-refractivity contribution >= 4 is 23.9 Å². The van der Waals surface area contributed by atoms with Gasteiger partial charge in [-0.2, -0.15) is 5.10 Å². The van der Waals surface area contributed by atoms with Crippen molar-refractivity contribution in [2.24, 2.45) is 5.10 Å². The molecule has 1 amide bonds. The van der Waals surface area contributed by atoms with Crippen molar-refractivity contribution in [1.29, 1.82) is 0 Å². The van der Waals surface area contributed by atoms with Gasteiger partial charge >= 0.3 is 0 Å². The van der Waals surface area contributed by atoms with E-state index in [2.05, 4.69) is 20.7 Å². The predicted octanol–water partition coefficient (Wildman–Crippen LogP) is 4.58. The van der Waals surface area contributed by atoms with Gasteiger partial charge < -0.3 is 9.47 Å². The molecule has 178 valence electrons. The maximum Gasteiger partial charge on any atom is 0.250 e. The highest BCUT2D eigenvalue weighted by Gasteiger charge is 2.17. The number of thioether (sulfide) groups is 1. The molecule has 0 saturated heterocycles. The van der Waals surface area contributed by atoms with Crippen LogP contribution in [0.25, 0.3) is 17.1 Å². The number of rotatable bonds is 10. The third kappa shape index (κ3) is 6.07. The molecule has 0 unspecified atom stereocenters. The van der Waals surface area contributed by atoms with Crippen LogP contribution in [0.4, 0.5) is 0 Å². The Morgan fingerprint density at radius 1 is 1.03 bits per heavy atom. The average Bonchev–Trinajstić information content (AvgIpc) is 3.33. The summed E-state index contributed by atoms with van der Waals surface area (Å²) in [6.45, 7) is 2.45. The number of nitrogens with zero attached hydrogens (tertiary/aromatic N) is 4. The number of nitrogens with one attached hydrogen (secondary N) is 1. The fourth-order valence-electron chi connectivity index (χ4n) is 3.33. The molecule has 4 rings (SSSR count). The first-order valence-electron chi connectivity index (χ1n) is 11.0. The largest absolute Gasteiger partial charge is 0.493 e. The number of benzene rings is 3. The van der Waals surface area contributed by atoms with E-state index < -0.39 is 0 Å². The number of carbonyl (C=O) groups excluding carboxylic acids is 1. The third-order valence-corrected chi connectivity index (χ3v) is 5.83. The van der Waals surface area contributed by atoms with Crippen molar-refractivity contribution in [3.63, 3.8) is 0 Å². The number of amides is 1. The van der Waals surface area contributed by atoms with Gasteiger partial charge in [0.1, 0.15) is 0 Å². The van der Waals surface area contributed by atoms with Crippen molar-refractivity contribution in [3.05, 3.63) is 84.4 Å². The second-order valence-corrected chi connectivity index (χ2v) is 8.21. The molecule has 1 aromatic heterocycles. The van der Waals surface area contributed by atoms with Gasteiger partial charge in [-0.25, -0.2) is 5.43 Å². The van der Waals surface area contributed by atoms with E-state index in [1.54, 1.807) is 19.4 Å². The van der Waals surface area contributed by atoms with E-state index in [0.29, 0.717) is 29.1 Å². The molecule has 1 heterocycles. The van der Waals surface area contributed by atoms with Gasteiger partial charge in [-0.3, -0.25) is 9.36 Å². The van der Waals surface area contributed by atoms with E-state index in [0.717, 1.165) is 16.8 Å². The average molecular weight is 488 g/mol. The SMILES string of the molecule is CCOc1ccc(/C=N/NC(=O)CSc2nnc(-c3ccccc3)n2-c2ccccc2)cc1OC. The topological polar surface area (TPSA) is 90.6 Å². The van der Waals surface area contributed by atoms with E-state index in [-0.39, 0.29) is 11.7 Å². The molecular weight excluding hydrogens is 462 g/mol. The fourth-order valence-corrected chi connectivity index (χ4v) is 4.07. The first-order valence-corrected chi connectivity index (χ1v) is 12.0. The Labute approximate surface area is 208 Å². The lowest BCUT2D eigenvalue weighted by Gasteiger charge is -2.10. The summed E-state index contributed by atoms with van der Waals surface area (Å²) in [6.07, 6.45) is 1.56. The number of hydrogen-bond donors (Lipinski definition) is 1. The van der Waals surface area contributed by atoms with E-state index in [9.17, 15) is 4.79 Å². The van der Waals surface area contributed by atoms with Gasteiger partial charge in [-0.15, -0.1) is 10.2 Å². The molecule has 3 aromatic carbocycles. The number of ether oxygens (including phenoxy) is 2. The van der Waals surface area contributed by atoms with Gasteiger partial charge in [-0.05, 0) is 42.8 Å². The van der Waals surface area contributed by atoms with Crippen LogP contribution in [0.2, 0.25) is 0 Å². The maximum absolute atomic E-state index is 12.4. The summed E-state index contributed by atoms with van der Waals surface area (Å²) in [5.41, 5.74) is 5.19. The number of aromatic nitrogens is 3. The predicted molar refractivity (Wildman–Crippen MR) is 137 cm³/mol. The van der Waals surface area contributed by atoms with Gasteiger partial charge in [0, 0.05) is 11.3 Å². The Balaban J connectivity index is 1.43. The maximum atomic E-state index is 12.4. The molecule has 0 aliphatic carbocycles. The zero-order valence-corrected chi connectivity index (χ0v) is 20.2. The minimum absolute atomic E-state index is 0.129. The quantitative estimate of drug-likeness (QED) is 0.200. The number of methoxy groups -OCH3 is 1. The smallest absolute Gasteiger partial charge is 0.250 e. The van der Waals surface area contributed by atoms with Crippen LogP contribution in [0.5, 0.6) is 11.5 Å². The van der Waals surface area contributed by atoms with Gasteiger partial charge in [0.25, 0.3) is 5.91 Å². The molecule has 0 radical (unpaired) electrons. The monoisotopic (exact) mass is 487 g/mol. The highest BCUT2D eigenvalue weighted by molar-refractivity contribution is 7.99. The van der Waals surface area contributed by atoms with Crippen LogP contribution >= 0.6 is 11.8 Å². The van der Waals surface area contributed by atoms with Crippen LogP contribution in [0.15, 0.2) is 89.1 Å². The lowest BCUT2D eigenvalue weighted by atomic mass is 10.2. The summed E-state index contributed by atoms with van der Waals surface area (Å²) in [7, 11) is 1.58. The molecular formula is C26H25N5O3S. The van der Waals surface area contributed by atoms with E-state index in [4.69, 9.17) is 9.47 Å². The Morgan fingerprint density at radius 3 is 2.49 bits per heavy atom. The summed E-state index contributed by atoms with van der Waals surface area (Å²) in [5.74, 6) is 1.84. The highest BCUT2D eigenvalue weighted by atomic mass is 32.2. The van der Waals surface area contributed by atoms with Crippen LogP contribution in [0.1, 0.15) is 12.5 Å². The molecule has 9 heteroatoms. The highest BCUT2D eigenvalue weighted by Crippen LogP contribution is 2.28. The molecule has 0 bridgehead atoms. The van der Waals surface area contributed by atoms with Crippen molar-refractivity contribution in [2.75, 3.05) is 19.5 Å². The summed E-state index contributed by atoms with van der Waals surface area (Å²) in [4.78, 5) is 12.4. The van der Waals surface area contributed by atoms with Crippen molar-refractivity contribution in [3.8, 4) is 28.6 Å². The second kappa shape index (κ2) is 11.8. The van der Waals surface area contributed by atoms with Crippen molar-refractivity contribution in [2.45, 2.75) is 12.1 Å². The number of carbonyl (C=O) groups is 1. The second-order valence-electron chi connectivity index (χ2n) is 7.27. The zero-order valence-electron chi connectivity index (χ0n) is 19.4. The van der Waals surface area contributed by atoms with E-state index in [1.165, 1.54) is 11.8 Å². The number of para-hydroxylation sites is 1. The van der Waals surface area contributed by atoms with Crippen LogP contribution in [0.3, 0.4) is 0 Å². The third-order valence-electron chi connectivity index (χ3n) is 4.90. The Hall–Kier alpha value is -4.11. The van der Waals surface area contributed by atoms with Gasteiger partial charge in [0.05, 0.1) is 25.7 Å². The molecule has 0 saturated carbocycles.